The summed E-state index contributed by atoms with van der Waals surface area (Å²) in [4.78, 5) is 26.1. The molecule has 8 heteroatoms. The summed E-state index contributed by atoms with van der Waals surface area (Å²) in [7, 11) is 1.50. The fraction of sp³-hybridized carbons (Fsp3) is 0.391. The lowest BCUT2D eigenvalue weighted by molar-refractivity contribution is -0.142. The second kappa shape index (κ2) is 9.78. The number of ether oxygens (including phenoxy) is 2. The van der Waals surface area contributed by atoms with Crippen LogP contribution in [-0.4, -0.2) is 47.4 Å². The zero-order chi connectivity index (χ0) is 22.5. The molecule has 1 heterocycles. The number of halogens is 1. The summed E-state index contributed by atoms with van der Waals surface area (Å²) in [6.07, 6.45) is -0.884. The number of carbonyl (C=O) groups excluding carboxylic acids is 1. The van der Waals surface area contributed by atoms with Gasteiger partial charge < -0.3 is 19.9 Å². The molecule has 1 saturated heterocycles. The van der Waals surface area contributed by atoms with Crippen molar-refractivity contribution in [2.45, 2.75) is 51.0 Å². The Morgan fingerprint density at radius 3 is 2.55 bits per heavy atom. The third kappa shape index (κ3) is 5.14. The molecule has 0 bridgehead atoms. The highest BCUT2D eigenvalue weighted by atomic mass is 19.1. The van der Waals surface area contributed by atoms with E-state index in [-0.39, 0.29) is 19.1 Å². The van der Waals surface area contributed by atoms with Gasteiger partial charge in [-0.25, -0.2) is 14.0 Å². The van der Waals surface area contributed by atoms with Gasteiger partial charge in [0, 0.05) is 18.2 Å². The van der Waals surface area contributed by atoms with Crippen LogP contribution in [0.1, 0.15) is 37.4 Å². The van der Waals surface area contributed by atoms with E-state index in [1.165, 1.54) is 24.1 Å². The number of aliphatic carboxylic acids is 1. The molecule has 0 spiro atoms. The molecule has 0 radical (unpaired) electrons. The van der Waals surface area contributed by atoms with Crippen molar-refractivity contribution in [2.24, 2.45) is 0 Å². The molecular weight excluding hydrogens is 403 g/mol. The highest BCUT2D eigenvalue weighted by Crippen LogP contribution is 2.38. The van der Waals surface area contributed by atoms with Gasteiger partial charge in [0.05, 0.1) is 19.3 Å². The Kier molecular flexibility index (Phi) is 7.12. The molecule has 2 aromatic carbocycles. The number of hydrogen-bond acceptors (Lipinski definition) is 5. The van der Waals surface area contributed by atoms with Crippen molar-refractivity contribution < 1.29 is 28.6 Å². The number of amides is 1. The van der Waals surface area contributed by atoms with Crippen molar-refractivity contribution in [1.29, 1.82) is 0 Å². The zero-order valence-corrected chi connectivity index (χ0v) is 17.7. The topological polar surface area (TPSA) is 88.1 Å². The van der Waals surface area contributed by atoms with E-state index in [0.717, 1.165) is 5.56 Å². The molecule has 31 heavy (non-hydrogen) atoms. The normalized spacial score (nSPS) is 20.7. The van der Waals surface area contributed by atoms with Crippen molar-refractivity contribution in [3.63, 3.8) is 0 Å². The number of benzene rings is 2. The van der Waals surface area contributed by atoms with Crippen LogP contribution >= 0.6 is 0 Å². The highest BCUT2D eigenvalue weighted by Gasteiger charge is 2.48. The molecule has 0 saturated carbocycles. The minimum Gasteiger partial charge on any atom is -0.496 e. The van der Waals surface area contributed by atoms with Gasteiger partial charge in [-0.3, -0.25) is 4.90 Å². The maximum absolute atomic E-state index is 13.8. The van der Waals surface area contributed by atoms with E-state index < -0.39 is 36.0 Å². The van der Waals surface area contributed by atoms with Crippen LogP contribution in [0.4, 0.5) is 9.18 Å². The van der Waals surface area contributed by atoms with Gasteiger partial charge >= 0.3 is 12.1 Å². The molecule has 1 aliphatic heterocycles. The number of nitrogens with one attached hydrogen (secondary N) is 1. The number of likely N-dealkylation sites (tertiary alicyclic amines) is 1. The van der Waals surface area contributed by atoms with E-state index in [1.807, 2.05) is 30.3 Å². The molecule has 1 fully saturated rings. The van der Waals surface area contributed by atoms with Crippen LogP contribution in [0.2, 0.25) is 0 Å². The van der Waals surface area contributed by atoms with Gasteiger partial charge in [-0.05, 0) is 44.0 Å². The maximum Gasteiger partial charge on any atom is 0.411 e. The molecule has 3 rings (SSSR count). The summed E-state index contributed by atoms with van der Waals surface area (Å²) in [5, 5.41) is 13.1. The van der Waals surface area contributed by atoms with Crippen LogP contribution in [0, 0.1) is 5.82 Å². The fourth-order valence-corrected chi connectivity index (χ4v) is 3.96. The zero-order valence-electron chi connectivity index (χ0n) is 17.7. The van der Waals surface area contributed by atoms with Gasteiger partial charge in [-0.15, -0.1) is 0 Å². The summed E-state index contributed by atoms with van der Waals surface area (Å²) >= 11 is 0. The lowest BCUT2D eigenvalue weighted by Gasteiger charge is -2.31. The smallest absolute Gasteiger partial charge is 0.411 e. The first-order valence-corrected chi connectivity index (χ1v) is 10.1. The maximum atomic E-state index is 13.8. The Hall–Kier alpha value is -3.13. The minimum absolute atomic E-state index is 0.180. The van der Waals surface area contributed by atoms with Crippen LogP contribution in [0.15, 0.2) is 48.5 Å². The predicted octanol–water partition coefficient (Wildman–Crippen LogP) is 3.74. The number of rotatable bonds is 7. The molecule has 1 amide bonds. The van der Waals surface area contributed by atoms with Crippen LogP contribution in [0.5, 0.6) is 5.75 Å². The molecule has 7 nitrogen and oxygen atoms in total. The third-order valence-corrected chi connectivity index (χ3v) is 5.26. The summed E-state index contributed by atoms with van der Waals surface area (Å²) in [6, 6.07) is 11.4. The van der Waals surface area contributed by atoms with Gasteiger partial charge in [0.2, 0.25) is 0 Å². The number of carboxylic acids is 1. The Morgan fingerprint density at radius 2 is 1.94 bits per heavy atom. The molecule has 3 atom stereocenters. The Balaban J connectivity index is 1.93. The van der Waals surface area contributed by atoms with Crippen molar-refractivity contribution in [3.05, 3.63) is 65.5 Å². The van der Waals surface area contributed by atoms with E-state index in [0.29, 0.717) is 11.3 Å². The lowest BCUT2D eigenvalue weighted by atomic mass is 9.99. The highest BCUT2D eigenvalue weighted by molar-refractivity contribution is 5.81. The second-order valence-electron chi connectivity index (χ2n) is 7.73. The fourth-order valence-electron chi connectivity index (χ4n) is 3.96. The quantitative estimate of drug-likeness (QED) is 0.696. The summed E-state index contributed by atoms with van der Waals surface area (Å²) in [5.74, 6) is -0.975. The van der Waals surface area contributed by atoms with Crippen LogP contribution in [-0.2, 0) is 16.1 Å². The Morgan fingerprint density at radius 1 is 1.23 bits per heavy atom. The minimum atomic E-state index is -1.10. The van der Waals surface area contributed by atoms with E-state index in [4.69, 9.17) is 9.47 Å². The van der Waals surface area contributed by atoms with Crippen molar-refractivity contribution in [1.82, 2.24) is 10.2 Å². The first-order chi connectivity index (χ1) is 14.8. The van der Waals surface area contributed by atoms with Gasteiger partial charge in [-0.2, -0.15) is 0 Å². The van der Waals surface area contributed by atoms with Crippen LogP contribution in [0.25, 0.3) is 0 Å². The average molecular weight is 430 g/mol. The Labute approximate surface area is 180 Å². The summed E-state index contributed by atoms with van der Waals surface area (Å²) < 4.78 is 24.4. The number of nitrogens with zero attached hydrogens (tertiary/aromatic N) is 1. The molecule has 2 aromatic rings. The van der Waals surface area contributed by atoms with Gasteiger partial charge in [0.25, 0.3) is 0 Å². The monoisotopic (exact) mass is 430 g/mol. The van der Waals surface area contributed by atoms with E-state index in [9.17, 15) is 19.1 Å². The number of hydrogen-bond donors (Lipinski definition) is 2. The molecule has 0 aliphatic carbocycles. The number of methoxy groups -OCH3 is 1. The second-order valence-corrected chi connectivity index (χ2v) is 7.73. The summed E-state index contributed by atoms with van der Waals surface area (Å²) in [6.45, 7) is 3.68. The average Bonchev–Trinajstić information content (AvgIpc) is 3.12. The van der Waals surface area contributed by atoms with E-state index >= 15 is 0 Å². The van der Waals surface area contributed by atoms with E-state index in [2.05, 4.69) is 5.32 Å². The Bertz CT molecular complexity index is 921. The van der Waals surface area contributed by atoms with Gasteiger partial charge in [-0.1, -0.05) is 30.3 Å². The molecular formula is C23H27FN2O5. The van der Waals surface area contributed by atoms with Gasteiger partial charge in [0.1, 0.15) is 17.6 Å². The third-order valence-electron chi connectivity index (χ3n) is 5.26. The predicted molar refractivity (Wildman–Crippen MR) is 112 cm³/mol. The molecule has 3 unspecified atom stereocenters. The van der Waals surface area contributed by atoms with Crippen molar-refractivity contribution in [2.75, 3.05) is 7.11 Å². The lowest BCUT2D eigenvalue weighted by Crippen LogP contribution is -2.44. The standard InChI is InChI=1S/C23H27FN2O5/c1-14(2)31-23(29)26-19(22(27)28)12-18(21(26)15-7-5-4-6-8-15)25-13-16-11-17(24)9-10-20(16)30-3/h4-11,14,18-19,21,25H,12-13H2,1-3H3,(H,27,28). The van der Waals surface area contributed by atoms with Crippen molar-refractivity contribution in [3.8, 4) is 5.75 Å². The number of carbonyl (C=O) groups is 2. The van der Waals surface area contributed by atoms with Crippen LogP contribution < -0.4 is 10.1 Å². The molecule has 0 aromatic heterocycles. The number of carboxylic acid groups (broad SMARTS) is 1. The van der Waals surface area contributed by atoms with E-state index in [1.54, 1.807) is 19.9 Å². The summed E-state index contributed by atoms with van der Waals surface area (Å²) in [5.41, 5.74) is 1.39. The molecule has 2 N–H and O–H groups in total. The largest absolute Gasteiger partial charge is 0.496 e. The SMILES string of the molecule is COc1ccc(F)cc1CNC1CC(C(=O)O)N(C(=O)OC(C)C)C1c1ccccc1. The first-order valence-electron chi connectivity index (χ1n) is 10.1. The molecule has 166 valence electrons. The van der Waals surface area contributed by atoms with Crippen molar-refractivity contribution >= 4 is 12.1 Å². The first kappa shape index (κ1) is 22.6. The van der Waals surface area contributed by atoms with Gasteiger partial charge in [0.15, 0.2) is 0 Å². The molecule has 1 aliphatic rings. The van der Waals surface area contributed by atoms with Crippen LogP contribution in [0.3, 0.4) is 0 Å².